The van der Waals surface area contributed by atoms with E-state index in [0.29, 0.717) is 13.1 Å². The molecule has 1 aliphatic heterocycles. The fraction of sp³-hybridized carbons (Fsp3) is 0.273. The molecule has 0 atom stereocenters. The van der Waals surface area contributed by atoms with Crippen LogP contribution in [-0.4, -0.2) is 50.8 Å². The van der Waals surface area contributed by atoms with Crippen molar-refractivity contribution in [1.82, 2.24) is 14.9 Å². The first kappa shape index (κ1) is 22.3. The number of nitrogens with one attached hydrogen (secondary N) is 2. The predicted octanol–water partition coefficient (Wildman–Crippen LogP) is 3.70. The zero-order chi connectivity index (χ0) is 23.8. The Morgan fingerprint density at radius 2 is 1.79 bits per heavy atom. The first-order chi connectivity index (χ1) is 15.6. The molecule has 0 bridgehead atoms. The van der Waals surface area contributed by atoms with Gasteiger partial charge in [0.05, 0.1) is 28.6 Å². The highest BCUT2D eigenvalue weighted by Gasteiger charge is 2.35. The molecule has 172 valence electrons. The van der Waals surface area contributed by atoms with Crippen molar-refractivity contribution >= 4 is 34.5 Å². The molecule has 0 saturated carbocycles. The Morgan fingerprint density at radius 3 is 2.45 bits per heavy atom. The second kappa shape index (κ2) is 8.57. The lowest BCUT2D eigenvalue weighted by Gasteiger charge is -2.13. The van der Waals surface area contributed by atoms with Gasteiger partial charge in [-0.3, -0.25) is 9.59 Å². The molecule has 1 aromatic heterocycles. The number of imidazole rings is 1. The normalized spacial score (nSPS) is 14.0. The van der Waals surface area contributed by atoms with Gasteiger partial charge in [0.25, 0.3) is 5.91 Å². The van der Waals surface area contributed by atoms with E-state index >= 15 is 0 Å². The number of H-pyrrole nitrogens is 1. The van der Waals surface area contributed by atoms with Crippen LogP contribution >= 0.6 is 0 Å². The van der Waals surface area contributed by atoms with Gasteiger partial charge in [0.15, 0.2) is 0 Å². The van der Waals surface area contributed by atoms with Crippen molar-refractivity contribution < 1.29 is 32.7 Å². The highest BCUT2D eigenvalue weighted by atomic mass is 19.4. The summed E-state index contributed by atoms with van der Waals surface area (Å²) in [7, 11) is 0. The van der Waals surface area contributed by atoms with Gasteiger partial charge in [0, 0.05) is 18.8 Å². The van der Waals surface area contributed by atoms with Gasteiger partial charge in [-0.2, -0.15) is 13.2 Å². The minimum Gasteiger partial charge on any atom is -0.478 e. The number of carboxylic acid groups (broad SMARTS) is 1. The standard InChI is InChI=1S/C22H19F3N4O4/c23-22(24,25)15-6-2-1-5-13(15)20(31)26-12-9-14(21(32)33)19-16(10-12)27-17(28-19)11-18(30)29-7-3-4-8-29/h1-2,5-6,9-10H,3-4,7-8,11H2,(H,26,31)(H,27,28)(H,32,33). The van der Waals surface area contributed by atoms with Crippen LogP contribution in [0.25, 0.3) is 11.0 Å². The molecule has 1 fully saturated rings. The molecule has 3 aromatic rings. The molecule has 1 aliphatic rings. The second-order valence-electron chi connectivity index (χ2n) is 7.67. The smallest absolute Gasteiger partial charge is 0.417 e. The second-order valence-corrected chi connectivity index (χ2v) is 7.67. The zero-order valence-electron chi connectivity index (χ0n) is 17.2. The molecule has 11 heteroatoms. The highest BCUT2D eigenvalue weighted by Crippen LogP contribution is 2.32. The number of amides is 2. The maximum atomic E-state index is 13.2. The number of fused-ring (bicyclic) bond motifs is 1. The van der Waals surface area contributed by atoms with E-state index in [0.717, 1.165) is 31.0 Å². The topological polar surface area (TPSA) is 115 Å². The Kier molecular flexibility index (Phi) is 5.79. The Morgan fingerprint density at radius 1 is 1.09 bits per heavy atom. The third-order valence-corrected chi connectivity index (χ3v) is 5.38. The van der Waals surface area contributed by atoms with Crippen molar-refractivity contribution in [1.29, 1.82) is 0 Å². The minimum absolute atomic E-state index is 0.0250. The lowest BCUT2D eigenvalue weighted by Crippen LogP contribution is -2.29. The molecular formula is C22H19F3N4O4. The molecule has 2 heterocycles. The lowest BCUT2D eigenvalue weighted by molar-refractivity contribution is -0.138. The van der Waals surface area contributed by atoms with Crippen LogP contribution in [0.4, 0.5) is 18.9 Å². The third-order valence-electron chi connectivity index (χ3n) is 5.38. The van der Waals surface area contributed by atoms with Crippen molar-refractivity contribution in [3.05, 3.63) is 58.9 Å². The number of nitrogens with zero attached hydrogens (tertiary/aromatic N) is 2. The van der Waals surface area contributed by atoms with Gasteiger partial charge in [-0.15, -0.1) is 0 Å². The third kappa shape index (κ3) is 4.66. The number of halogens is 3. The number of anilines is 1. The largest absolute Gasteiger partial charge is 0.478 e. The number of aromatic amines is 1. The minimum atomic E-state index is -4.73. The van der Waals surface area contributed by atoms with Crippen molar-refractivity contribution in [3.63, 3.8) is 0 Å². The molecule has 2 amide bonds. The van der Waals surface area contributed by atoms with E-state index in [9.17, 15) is 32.7 Å². The summed E-state index contributed by atoms with van der Waals surface area (Å²) < 4.78 is 39.7. The summed E-state index contributed by atoms with van der Waals surface area (Å²) in [4.78, 5) is 45.5. The van der Waals surface area contributed by atoms with Gasteiger partial charge in [-0.1, -0.05) is 12.1 Å². The number of carboxylic acids is 1. The predicted molar refractivity (Wildman–Crippen MR) is 112 cm³/mol. The number of hydrogen-bond acceptors (Lipinski definition) is 4. The van der Waals surface area contributed by atoms with Gasteiger partial charge >= 0.3 is 12.1 Å². The fourth-order valence-electron chi connectivity index (χ4n) is 3.84. The fourth-order valence-corrected chi connectivity index (χ4v) is 3.84. The zero-order valence-corrected chi connectivity index (χ0v) is 17.2. The number of likely N-dealkylation sites (tertiary alicyclic amines) is 1. The van der Waals surface area contributed by atoms with Crippen LogP contribution in [0, 0.1) is 0 Å². The monoisotopic (exact) mass is 460 g/mol. The van der Waals surface area contributed by atoms with Crippen LogP contribution in [0.15, 0.2) is 36.4 Å². The molecule has 8 nitrogen and oxygen atoms in total. The summed E-state index contributed by atoms with van der Waals surface area (Å²) in [6.07, 6.45) is -2.93. The maximum Gasteiger partial charge on any atom is 0.417 e. The number of benzene rings is 2. The van der Waals surface area contributed by atoms with Crippen LogP contribution in [0.2, 0.25) is 0 Å². The van der Waals surface area contributed by atoms with Crippen LogP contribution < -0.4 is 5.32 Å². The summed E-state index contributed by atoms with van der Waals surface area (Å²) in [5.41, 5.74) is -1.67. The van der Waals surface area contributed by atoms with Crippen LogP contribution in [0.5, 0.6) is 0 Å². The van der Waals surface area contributed by atoms with Gasteiger partial charge in [-0.25, -0.2) is 9.78 Å². The molecule has 2 aromatic carbocycles. The SMILES string of the molecule is O=C(Nc1cc(C(=O)O)c2nc(CC(=O)N3CCCC3)[nH]c2c1)c1ccccc1C(F)(F)F. The molecule has 0 aliphatic carbocycles. The van der Waals surface area contributed by atoms with E-state index in [1.807, 2.05) is 0 Å². The first-order valence-corrected chi connectivity index (χ1v) is 10.1. The number of alkyl halides is 3. The number of aromatic nitrogens is 2. The van der Waals surface area contributed by atoms with Crippen molar-refractivity contribution in [2.75, 3.05) is 18.4 Å². The molecule has 1 saturated heterocycles. The average Bonchev–Trinajstić information content (AvgIpc) is 3.42. The summed E-state index contributed by atoms with van der Waals surface area (Å²) in [5.74, 6) is -2.26. The van der Waals surface area contributed by atoms with Crippen molar-refractivity contribution in [2.45, 2.75) is 25.4 Å². The van der Waals surface area contributed by atoms with Gasteiger partial charge in [0.2, 0.25) is 5.91 Å². The van der Waals surface area contributed by atoms with Gasteiger partial charge in [0.1, 0.15) is 11.3 Å². The molecule has 0 radical (unpaired) electrons. The summed E-state index contributed by atoms with van der Waals surface area (Å²) in [5, 5.41) is 11.9. The van der Waals surface area contributed by atoms with E-state index in [4.69, 9.17) is 0 Å². The Bertz CT molecular complexity index is 1250. The summed E-state index contributed by atoms with van der Waals surface area (Å²) in [6, 6.07) is 6.78. The molecule has 0 spiro atoms. The number of hydrogen-bond donors (Lipinski definition) is 3. The number of carbonyl (C=O) groups is 3. The molecular weight excluding hydrogens is 441 g/mol. The van der Waals surface area contributed by atoms with E-state index in [1.54, 1.807) is 4.90 Å². The van der Waals surface area contributed by atoms with E-state index in [2.05, 4.69) is 15.3 Å². The van der Waals surface area contributed by atoms with Crippen LogP contribution in [0.3, 0.4) is 0 Å². The van der Waals surface area contributed by atoms with Crippen LogP contribution in [0.1, 0.15) is 44.9 Å². The Balaban J connectivity index is 1.64. The quantitative estimate of drug-likeness (QED) is 0.537. The number of rotatable bonds is 5. The molecule has 0 unspecified atom stereocenters. The molecule has 3 N–H and O–H groups in total. The first-order valence-electron chi connectivity index (χ1n) is 10.1. The van der Waals surface area contributed by atoms with Crippen LogP contribution in [-0.2, 0) is 17.4 Å². The van der Waals surface area contributed by atoms with E-state index < -0.39 is 29.2 Å². The van der Waals surface area contributed by atoms with Gasteiger partial charge < -0.3 is 20.3 Å². The Hall–Kier alpha value is -3.89. The van der Waals surface area contributed by atoms with Gasteiger partial charge in [-0.05, 0) is 37.1 Å². The number of carbonyl (C=O) groups excluding carboxylic acids is 2. The summed E-state index contributed by atoms with van der Waals surface area (Å²) in [6.45, 7) is 1.32. The maximum absolute atomic E-state index is 13.2. The molecule has 33 heavy (non-hydrogen) atoms. The molecule has 4 rings (SSSR count). The summed E-state index contributed by atoms with van der Waals surface area (Å²) >= 11 is 0. The van der Waals surface area contributed by atoms with E-state index in [-0.39, 0.29) is 40.4 Å². The lowest BCUT2D eigenvalue weighted by atomic mass is 10.1. The Labute approximate surface area is 185 Å². The van der Waals surface area contributed by atoms with Crippen molar-refractivity contribution in [3.8, 4) is 0 Å². The van der Waals surface area contributed by atoms with E-state index in [1.165, 1.54) is 18.2 Å². The number of aromatic carboxylic acids is 1. The van der Waals surface area contributed by atoms with Crippen molar-refractivity contribution in [2.24, 2.45) is 0 Å². The average molecular weight is 460 g/mol. The highest BCUT2D eigenvalue weighted by molar-refractivity contribution is 6.08.